The van der Waals surface area contributed by atoms with Crippen LogP contribution >= 0.6 is 0 Å². The van der Waals surface area contributed by atoms with E-state index < -0.39 is 6.61 Å². The van der Waals surface area contributed by atoms with Gasteiger partial charge in [0.1, 0.15) is 5.75 Å². The average Bonchev–Trinajstić information content (AvgIpc) is 3.22. The first kappa shape index (κ1) is 21.3. The third kappa shape index (κ3) is 4.86. The molecule has 0 radical (unpaired) electrons. The molecule has 1 N–H and O–H groups in total. The number of alkyl halides is 2. The predicted molar refractivity (Wildman–Crippen MR) is 113 cm³/mol. The fourth-order valence-electron chi connectivity index (χ4n) is 4.62. The van der Waals surface area contributed by atoms with Gasteiger partial charge in [-0.05, 0) is 48.6 Å². The molecule has 5 nitrogen and oxygen atoms in total. The maximum absolute atomic E-state index is 13.3. The Morgan fingerprint density at radius 2 is 1.74 bits per heavy atom. The standard InChI is InChI=1S/C24H26F2N2O3/c25-24(26)31-18-11-9-16(10-12-18)15-27-22(29)19-6-2-3-7-20(19)23(30)28-14-13-17-5-1-4-8-21(17)28/h1,4-5,8-12,19-20,24H,2-3,6-7,13-15H2,(H,27,29). The Kier molecular flexibility index (Phi) is 6.49. The van der Waals surface area contributed by atoms with Crippen molar-refractivity contribution in [2.24, 2.45) is 11.8 Å². The molecule has 0 aromatic heterocycles. The van der Waals surface area contributed by atoms with Crippen molar-refractivity contribution in [3.63, 3.8) is 0 Å². The minimum Gasteiger partial charge on any atom is -0.435 e. The molecule has 1 aliphatic heterocycles. The SMILES string of the molecule is O=C(NCc1ccc(OC(F)F)cc1)C1CCCCC1C(=O)N1CCc2ccccc21. The third-order valence-corrected chi connectivity index (χ3v) is 6.19. The van der Waals surface area contributed by atoms with Crippen LogP contribution in [0, 0.1) is 11.8 Å². The van der Waals surface area contributed by atoms with Crippen LogP contribution < -0.4 is 15.0 Å². The van der Waals surface area contributed by atoms with Crippen molar-refractivity contribution in [3.8, 4) is 5.75 Å². The summed E-state index contributed by atoms with van der Waals surface area (Å²) in [7, 11) is 0. The van der Waals surface area contributed by atoms with Crippen molar-refractivity contribution in [2.75, 3.05) is 11.4 Å². The summed E-state index contributed by atoms with van der Waals surface area (Å²) in [4.78, 5) is 28.1. The maximum Gasteiger partial charge on any atom is 0.387 e. The molecule has 2 amide bonds. The van der Waals surface area contributed by atoms with E-state index in [4.69, 9.17) is 0 Å². The lowest BCUT2D eigenvalue weighted by molar-refractivity contribution is -0.135. The van der Waals surface area contributed by atoms with E-state index in [1.165, 1.54) is 17.7 Å². The second-order valence-corrected chi connectivity index (χ2v) is 8.11. The van der Waals surface area contributed by atoms with Crippen LogP contribution in [0.4, 0.5) is 14.5 Å². The summed E-state index contributed by atoms with van der Waals surface area (Å²) >= 11 is 0. The molecule has 0 spiro atoms. The summed E-state index contributed by atoms with van der Waals surface area (Å²) in [6.45, 7) is -1.93. The second kappa shape index (κ2) is 9.45. The van der Waals surface area contributed by atoms with Crippen LogP contribution in [0.1, 0.15) is 36.8 Å². The second-order valence-electron chi connectivity index (χ2n) is 8.11. The first-order chi connectivity index (χ1) is 15.0. The van der Waals surface area contributed by atoms with Gasteiger partial charge in [-0.1, -0.05) is 43.2 Å². The Labute approximate surface area is 180 Å². The number of nitrogens with zero attached hydrogens (tertiary/aromatic N) is 1. The molecule has 2 aromatic carbocycles. The van der Waals surface area contributed by atoms with Crippen LogP contribution in [0.25, 0.3) is 0 Å². The number of ether oxygens (including phenoxy) is 1. The van der Waals surface area contributed by atoms with Gasteiger partial charge in [0.25, 0.3) is 0 Å². The molecule has 2 unspecified atom stereocenters. The van der Waals surface area contributed by atoms with E-state index in [0.29, 0.717) is 13.0 Å². The third-order valence-electron chi connectivity index (χ3n) is 6.19. The fourth-order valence-corrected chi connectivity index (χ4v) is 4.62. The van der Waals surface area contributed by atoms with Crippen molar-refractivity contribution in [1.29, 1.82) is 0 Å². The van der Waals surface area contributed by atoms with Crippen molar-refractivity contribution < 1.29 is 23.1 Å². The van der Waals surface area contributed by atoms with Gasteiger partial charge in [0, 0.05) is 24.7 Å². The lowest BCUT2D eigenvalue weighted by Crippen LogP contribution is -2.45. The van der Waals surface area contributed by atoms with Gasteiger partial charge in [-0.25, -0.2) is 0 Å². The van der Waals surface area contributed by atoms with Crippen LogP contribution in [0.2, 0.25) is 0 Å². The van der Waals surface area contributed by atoms with Gasteiger partial charge >= 0.3 is 6.61 Å². The lowest BCUT2D eigenvalue weighted by Gasteiger charge is -2.32. The molecule has 4 rings (SSSR count). The highest BCUT2D eigenvalue weighted by atomic mass is 19.3. The molecular weight excluding hydrogens is 402 g/mol. The topological polar surface area (TPSA) is 58.6 Å². The summed E-state index contributed by atoms with van der Waals surface area (Å²) < 4.78 is 28.9. The summed E-state index contributed by atoms with van der Waals surface area (Å²) in [6, 6.07) is 14.1. The molecule has 31 heavy (non-hydrogen) atoms. The maximum atomic E-state index is 13.3. The van der Waals surface area contributed by atoms with Crippen molar-refractivity contribution in [1.82, 2.24) is 5.32 Å². The molecular formula is C24H26F2N2O3. The van der Waals surface area contributed by atoms with E-state index in [0.717, 1.165) is 36.9 Å². The van der Waals surface area contributed by atoms with E-state index in [9.17, 15) is 18.4 Å². The first-order valence-electron chi connectivity index (χ1n) is 10.7. The van der Waals surface area contributed by atoms with E-state index in [1.807, 2.05) is 29.2 Å². The number of fused-ring (bicyclic) bond motifs is 1. The number of hydrogen-bond donors (Lipinski definition) is 1. The number of rotatable bonds is 6. The Morgan fingerprint density at radius 3 is 2.48 bits per heavy atom. The Morgan fingerprint density at radius 1 is 1.03 bits per heavy atom. The summed E-state index contributed by atoms with van der Waals surface area (Å²) in [5.41, 5.74) is 2.91. The lowest BCUT2D eigenvalue weighted by atomic mass is 9.77. The highest BCUT2D eigenvalue weighted by Gasteiger charge is 2.39. The smallest absolute Gasteiger partial charge is 0.387 e. The van der Waals surface area contributed by atoms with Gasteiger partial charge in [0.05, 0.1) is 5.92 Å². The molecule has 1 saturated carbocycles. The predicted octanol–water partition coefficient (Wildman–Crippen LogP) is 4.30. The van der Waals surface area contributed by atoms with Crippen molar-refractivity contribution in [3.05, 3.63) is 59.7 Å². The molecule has 2 atom stereocenters. The molecule has 0 bridgehead atoms. The number of benzene rings is 2. The number of para-hydroxylation sites is 1. The van der Waals surface area contributed by atoms with Crippen LogP contribution in [0.5, 0.6) is 5.75 Å². The molecule has 2 aliphatic rings. The van der Waals surface area contributed by atoms with E-state index >= 15 is 0 Å². The number of anilines is 1. The highest BCUT2D eigenvalue weighted by Crippen LogP contribution is 2.36. The first-order valence-corrected chi connectivity index (χ1v) is 10.7. The summed E-state index contributed by atoms with van der Waals surface area (Å²) in [5, 5.41) is 2.92. The highest BCUT2D eigenvalue weighted by molar-refractivity contribution is 5.99. The van der Waals surface area contributed by atoms with Gasteiger partial charge in [-0.15, -0.1) is 0 Å². The van der Waals surface area contributed by atoms with E-state index in [1.54, 1.807) is 12.1 Å². The normalized spacial score (nSPS) is 20.4. The quantitative estimate of drug-likeness (QED) is 0.746. The van der Waals surface area contributed by atoms with E-state index in [2.05, 4.69) is 10.1 Å². The zero-order valence-corrected chi connectivity index (χ0v) is 17.2. The van der Waals surface area contributed by atoms with Crippen molar-refractivity contribution >= 4 is 17.5 Å². The minimum absolute atomic E-state index is 0.0401. The van der Waals surface area contributed by atoms with Gasteiger partial charge in [0.2, 0.25) is 11.8 Å². The minimum atomic E-state index is -2.87. The van der Waals surface area contributed by atoms with E-state index in [-0.39, 0.29) is 35.9 Å². The van der Waals surface area contributed by atoms with Gasteiger partial charge in [-0.2, -0.15) is 8.78 Å². The van der Waals surface area contributed by atoms with Gasteiger partial charge < -0.3 is 15.0 Å². The number of carbonyl (C=O) groups excluding carboxylic acids is 2. The van der Waals surface area contributed by atoms with Crippen LogP contribution in [0.15, 0.2) is 48.5 Å². The molecule has 164 valence electrons. The van der Waals surface area contributed by atoms with Crippen LogP contribution in [0.3, 0.4) is 0 Å². The largest absolute Gasteiger partial charge is 0.435 e. The number of hydrogen-bond acceptors (Lipinski definition) is 3. The summed E-state index contributed by atoms with van der Waals surface area (Å²) in [6.07, 6.45) is 4.13. The number of amides is 2. The zero-order valence-electron chi connectivity index (χ0n) is 17.2. The molecule has 0 saturated heterocycles. The Bertz CT molecular complexity index is 933. The average molecular weight is 428 g/mol. The van der Waals surface area contributed by atoms with Crippen molar-refractivity contribution in [2.45, 2.75) is 45.3 Å². The summed E-state index contributed by atoms with van der Waals surface area (Å²) in [5.74, 6) is -0.678. The van der Waals surface area contributed by atoms with Crippen LogP contribution in [-0.2, 0) is 22.6 Å². The Balaban J connectivity index is 1.39. The number of nitrogens with one attached hydrogen (secondary N) is 1. The zero-order chi connectivity index (χ0) is 21.8. The number of halogens is 2. The van der Waals surface area contributed by atoms with Crippen LogP contribution in [-0.4, -0.2) is 25.0 Å². The monoisotopic (exact) mass is 428 g/mol. The number of carbonyl (C=O) groups is 2. The molecule has 1 aliphatic carbocycles. The molecule has 7 heteroatoms. The molecule has 1 heterocycles. The fraction of sp³-hybridized carbons (Fsp3) is 0.417. The van der Waals surface area contributed by atoms with Gasteiger partial charge in [-0.3, -0.25) is 9.59 Å². The molecule has 1 fully saturated rings. The Hall–Kier alpha value is -2.96. The molecule has 2 aromatic rings. The van der Waals surface area contributed by atoms with Gasteiger partial charge in [0.15, 0.2) is 0 Å².